The highest BCUT2D eigenvalue weighted by Gasteiger charge is 2.13. The van der Waals surface area contributed by atoms with E-state index in [9.17, 15) is 9.90 Å². The first-order chi connectivity index (χ1) is 10.1. The number of pyridine rings is 1. The predicted octanol–water partition coefficient (Wildman–Crippen LogP) is 4.03. The molecule has 3 aromatic rings. The molecule has 4 nitrogen and oxygen atoms in total. The maximum Gasteiger partial charge on any atom is 0.339 e. The molecule has 0 radical (unpaired) electrons. The zero-order chi connectivity index (χ0) is 14.8. The largest absolute Gasteiger partial charge is 0.478 e. The number of hydrogen-bond acceptors (Lipinski definition) is 3. The summed E-state index contributed by atoms with van der Waals surface area (Å²) in [5.74, 6) is -0.0871. The van der Waals surface area contributed by atoms with E-state index in [-0.39, 0.29) is 5.56 Å². The normalized spacial score (nSPS) is 10.5. The van der Waals surface area contributed by atoms with Gasteiger partial charge in [-0.05, 0) is 42.8 Å². The van der Waals surface area contributed by atoms with Crippen LogP contribution in [-0.4, -0.2) is 16.1 Å². The van der Waals surface area contributed by atoms with Gasteiger partial charge in [-0.3, -0.25) is 4.98 Å². The standard InChI is InChI=1S/C17H13NO3/c1-11-6-7-13(17(19)20)16(10-11)21-15-8-9-18-14-5-3-2-4-12(14)15/h2-10H,1H3,(H,19,20). The van der Waals surface area contributed by atoms with E-state index >= 15 is 0 Å². The van der Waals surface area contributed by atoms with Crippen LogP contribution in [0.25, 0.3) is 10.9 Å². The predicted molar refractivity (Wildman–Crippen MR) is 80.0 cm³/mol. The van der Waals surface area contributed by atoms with Gasteiger partial charge in [0.1, 0.15) is 17.1 Å². The van der Waals surface area contributed by atoms with Gasteiger partial charge in [-0.1, -0.05) is 18.2 Å². The Kier molecular flexibility index (Phi) is 3.28. The molecule has 0 saturated heterocycles. The lowest BCUT2D eigenvalue weighted by molar-refractivity contribution is 0.0694. The summed E-state index contributed by atoms with van der Waals surface area (Å²) in [7, 11) is 0. The van der Waals surface area contributed by atoms with Crippen molar-refractivity contribution in [3.8, 4) is 11.5 Å². The van der Waals surface area contributed by atoms with Gasteiger partial charge in [0.15, 0.2) is 0 Å². The molecule has 0 unspecified atom stereocenters. The Labute approximate surface area is 121 Å². The second-order valence-electron chi connectivity index (χ2n) is 4.73. The maximum atomic E-state index is 11.3. The van der Waals surface area contributed by atoms with Gasteiger partial charge in [-0.25, -0.2) is 4.79 Å². The van der Waals surface area contributed by atoms with Crippen molar-refractivity contribution in [2.75, 3.05) is 0 Å². The van der Waals surface area contributed by atoms with Gasteiger partial charge >= 0.3 is 5.97 Å². The third kappa shape index (κ3) is 2.56. The summed E-state index contributed by atoms with van der Waals surface area (Å²) in [5, 5.41) is 10.1. The van der Waals surface area contributed by atoms with Crippen molar-refractivity contribution >= 4 is 16.9 Å². The fourth-order valence-electron chi connectivity index (χ4n) is 2.17. The molecule has 0 aliphatic rings. The highest BCUT2D eigenvalue weighted by atomic mass is 16.5. The highest BCUT2D eigenvalue weighted by molar-refractivity contribution is 5.91. The Morgan fingerprint density at radius 3 is 2.71 bits per heavy atom. The zero-order valence-corrected chi connectivity index (χ0v) is 11.4. The Morgan fingerprint density at radius 2 is 1.90 bits per heavy atom. The van der Waals surface area contributed by atoms with Gasteiger partial charge < -0.3 is 9.84 Å². The molecule has 104 valence electrons. The van der Waals surface area contributed by atoms with Crippen LogP contribution in [0.15, 0.2) is 54.7 Å². The first-order valence-electron chi connectivity index (χ1n) is 6.51. The fraction of sp³-hybridized carbons (Fsp3) is 0.0588. The van der Waals surface area contributed by atoms with Gasteiger partial charge in [-0.2, -0.15) is 0 Å². The summed E-state index contributed by atoms with van der Waals surface area (Å²) in [5.41, 5.74) is 1.88. The molecule has 0 spiro atoms. The van der Waals surface area contributed by atoms with Crippen molar-refractivity contribution in [2.45, 2.75) is 6.92 Å². The van der Waals surface area contributed by atoms with E-state index in [0.29, 0.717) is 11.5 Å². The Morgan fingerprint density at radius 1 is 1.10 bits per heavy atom. The number of hydrogen-bond donors (Lipinski definition) is 1. The number of aryl methyl sites for hydroxylation is 1. The number of carbonyl (C=O) groups is 1. The molecule has 0 aliphatic carbocycles. The number of aromatic carboxylic acids is 1. The smallest absolute Gasteiger partial charge is 0.339 e. The van der Waals surface area contributed by atoms with Crippen molar-refractivity contribution in [3.05, 3.63) is 65.9 Å². The molecule has 1 N–H and O–H groups in total. The van der Waals surface area contributed by atoms with E-state index < -0.39 is 5.97 Å². The molecule has 0 saturated carbocycles. The fourth-order valence-corrected chi connectivity index (χ4v) is 2.17. The average Bonchev–Trinajstić information content (AvgIpc) is 2.47. The number of rotatable bonds is 3. The van der Waals surface area contributed by atoms with Crippen LogP contribution in [0.2, 0.25) is 0 Å². The van der Waals surface area contributed by atoms with Crippen LogP contribution in [0.1, 0.15) is 15.9 Å². The van der Waals surface area contributed by atoms with E-state index in [4.69, 9.17) is 4.74 Å². The number of aromatic nitrogens is 1. The van der Waals surface area contributed by atoms with Crippen molar-refractivity contribution in [1.29, 1.82) is 0 Å². The van der Waals surface area contributed by atoms with Crippen molar-refractivity contribution < 1.29 is 14.6 Å². The lowest BCUT2D eigenvalue weighted by Crippen LogP contribution is -2.00. The molecule has 0 aliphatic heterocycles. The zero-order valence-electron chi connectivity index (χ0n) is 11.4. The lowest BCUT2D eigenvalue weighted by Gasteiger charge is -2.11. The van der Waals surface area contributed by atoms with Crippen molar-refractivity contribution in [2.24, 2.45) is 0 Å². The van der Waals surface area contributed by atoms with Gasteiger partial charge in [0.2, 0.25) is 0 Å². The summed E-state index contributed by atoms with van der Waals surface area (Å²) in [4.78, 5) is 15.6. The molecule has 2 aromatic carbocycles. The topological polar surface area (TPSA) is 59.4 Å². The number of benzene rings is 2. The molecule has 4 heteroatoms. The molecule has 0 fully saturated rings. The Hall–Kier alpha value is -2.88. The molecule has 0 bridgehead atoms. The first kappa shape index (κ1) is 13.1. The first-order valence-corrected chi connectivity index (χ1v) is 6.51. The number of nitrogens with zero attached hydrogens (tertiary/aromatic N) is 1. The van der Waals surface area contributed by atoms with Crippen LogP contribution in [-0.2, 0) is 0 Å². The SMILES string of the molecule is Cc1ccc(C(=O)O)c(Oc2ccnc3ccccc23)c1. The van der Waals surface area contributed by atoms with E-state index in [1.54, 1.807) is 30.5 Å². The van der Waals surface area contributed by atoms with Crippen LogP contribution in [0.4, 0.5) is 0 Å². The summed E-state index contributed by atoms with van der Waals surface area (Å²) < 4.78 is 5.84. The summed E-state index contributed by atoms with van der Waals surface area (Å²) in [6, 6.07) is 14.3. The second kappa shape index (κ2) is 5.25. The van der Waals surface area contributed by atoms with E-state index in [1.807, 2.05) is 31.2 Å². The number of carboxylic acids is 1. The minimum Gasteiger partial charge on any atom is -0.478 e. The van der Waals surface area contributed by atoms with Crippen molar-refractivity contribution in [1.82, 2.24) is 4.98 Å². The van der Waals surface area contributed by atoms with E-state index in [0.717, 1.165) is 16.5 Å². The molecule has 21 heavy (non-hydrogen) atoms. The average molecular weight is 279 g/mol. The number of fused-ring (bicyclic) bond motifs is 1. The van der Waals surface area contributed by atoms with Gasteiger partial charge in [0, 0.05) is 11.6 Å². The molecule has 3 rings (SSSR count). The van der Waals surface area contributed by atoms with Crippen LogP contribution >= 0.6 is 0 Å². The molecule has 0 atom stereocenters. The van der Waals surface area contributed by atoms with Gasteiger partial charge in [0.25, 0.3) is 0 Å². The van der Waals surface area contributed by atoms with Crippen LogP contribution in [0, 0.1) is 6.92 Å². The molecule has 1 heterocycles. The van der Waals surface area contributed by atoms with Crippen LogP contribution in [0.5, 0.6) is 11.5 Å². The van der Waals surface area contributed by atoms with E-state index in [1.165, 1.54) is 0 Å². The Balaban J connectivity index is 2.11. The second-order valence-corrected chi connectivity index (χ2v) is 4.73. The van der Waals surface area contributed by atoms with Gasteiger partial charge in [-0.15, -0.1) is 0 Å². The minimum atomic E-state index is -1.01. The Bertz CT molecular complexity index is 822. The number of ether oxygens (including phenoxy) is 1. The number of carboxylic acid groups (broad SMARTS) is 1. The third-order valence-electron chi connectivity index (χ3n) is 3.20. The maximum absolute atomic E-state index is 11.3. The third-order valence-corrected chi connectivity index (χ3v) is 3.20. The van der Waals surface area contributed by atoms with Gasteiger partial charge in [0.05, 0.1) is 5.52 Å². The minimum absolute atomic E-state index is 0.140. The van der Waals surface area contributed by atoms with Crippen molar-refractivity contribution in [3.63, 3.8) is 0 Å². The molecular formula is C17H13NO3. The van der Waals surface area contributed by atoms with Crippen LogP contribution in [0.3, 0.4) is 0 Å². The summed E-state index contributed by atoms with van der Waals surface area (Å²) in [6.07, 6.45) is 1.65. The summed E-state index contributed by atoms with van der Waals surface area (Å²) in [6.45, 7) is 1.89. The number of para-hydroxylation sites is 1. The molecular weight excluding hydrogens is 266 g/mol. The monoisotopic (exact) mass is 279 g/mol. The summed E-state index contributed by atoms with van der Waals surface area (Å²) >= 11 is 0. The molecule has 0 amide bonds. The quantitative estimate of drug-likeness (QED) is 0.786. The molecule has 1 aromatic heterocycles. The highest BCUT2D eigenvalue weighted by Crippen LogP contribution is 2.31. The lowest BCUT2D eigenvalue weighted by atomic mass is 10.1. The van der Waals surface area contributed by atoms with Crippen LogP contribution < -0.4 is 4.74 Å². The van der Waals surface area contributed by atoms with E-state index in [2.05, 4.69) is 4.98 Å².